The van der Waals surface area contributed by atoms with Gasteiger partial charge in [0, 0.05) is 33.2 Å². The molecule has 0 aliphatic heterocycles. The highest BCUT2D eigenvalue weighted by Gasteiger charge is 2.77. The minimum Gasteiger partial charge on any atom is -0.306 e. The summed E-state index contributed by atoms with van der Waals surface area (Å²) in [6, 6.07) is 141. The first-order chi connectivity index (χ1) is 61.9. The number of carbonyl (C=O) groups excluding carboxylic acids is 1. The van der Waals surface area contributed by atoms with E-state index in [-0.39, 0.29) is 83.8 Å². The fraction of sp³-hybridized carbons (Fsp3) is 0.347. The quantitative estimate of drug-likeness (QED) is 0.0785. The van der Waals surface area contributed by atoms with Gasteiger partial charge in [-0.3, -0.25) is 4.79 Å². The van der Waals surface area contributed by atoms with Crippen LogP contribution in [0.2, 0.25) is 0 Å². The van der Waals surface area contributed by atoms with Gasteiger partial charge < -0.3 is 4.90 Å². The Balaban J connectivity index is 0.000000101. The summed E-state index contributed by atoms with van der Waals surface area (Å²) in [4.78, 5) is 15.9. The topological polar surface area (TPSA) is 20.3 Å². The Bertz CT molecular complexity index is 5390. The first-order valence-electron chi connectivity index (χ1n) is 47.4. The Morgan fingerprint density at radius 3 is 0.539 bits per heavy atom. The molecule has 13 aromatic carbocycles. The third kappa shape index (κ3) is 13.7. The van der Waals surface area contributed by atoms with Crippen molar-refractivity contribution in [2.24, 2.45) is 5.41 Å². The number of amides is 1. The zero-order chi connectivity index (χ0) is 87.1. The Labute approximate surface area is 763 Å². The molecule has 0 unspecified atom stereocenters. The van der Waals surface area contributed by atoms with Gasteiger partial charge in [-0.15, -0.1) is 0 Å². The number of alkyl halides is 5. The van der Waals surface area contributed by atoms with Crippen molar-refractivity contribution in [2.45, 2.75) is 248 Å². The maximum absolute atomic E-state index is 16.7. The Hall–Kier alpha value is -10.5. The number of carbonyl (C=O) groups is 1. The molecule has 0 aromatic heterocycles. The normalized spacial score (nSPS) is 35.2. The van der Waals surface area contributed by atoms with Crippen LogP contribution in [0.1, 0.15) is 228 Å². The molecule has 16 bridgehead atoms. The molecule has 1 amide bonds. The lowest BCUT2D eigenvalue weighted by Crippen LogP contribution is -2.73. The van der Waals surface area contributed by atoms with E-state index < -0.39 is 33.5 Å². The predicted molar refractivity (Wildman–Crippen MR) is 515 cm³/mol. The second-order valence-electron chi connectivity index (χ2n) is 43.5. The van der Waals surface area contributed by atoms with E-state index >= 15 is 17.6 Å². The fourth-order valence-electron chi connectivity index (χ4n) is 33.3. The highest BCUT2D eigenvalue weighted by atomic mass is 79.9. The lowest BCUT2D eigenvalue weighted by molar-refractivity contribution is -0.286. The largest absolute Gasteiger partial charge is 0.394 e. The van der Waals surface area contributed by atoms with Crippen LogP contribution >= 0.6 is 15.9 Å². The summed E-state index contributed by atoms with van der Waals surface area (Å²) in [6.45, 7) is 1.77. The van der Waals surface area contributed by atoms with Crippen molar-refractivity contribution in [1.82, 2.24) is 0 Å². The van der Waals surface area contributed by atoms with Crippen LogP contribution in [0.25, 0.3) is 0 Å². The maximum atomic E-state index is 16.7. The summed E-state index contributed by atoms with van der Waals surface area (Å²) in [5.41, 5.74) is 13.2. The Morgan fingerprint density at radius 2 is 0.375 bits per heavy atom. The van der Waals surface area contributed by atoms with Crippen LogP contribution in [0, 0.1) is 5.41 Å². The molecule has 2 nitrogen and oxygen atoms in total. The molecule has 16 fully saturated rings. The van der Waals surface area contributed by atoms with Gasteiger partial charge in [0.05, 0.1) is 11.0 Å². The van der Waals surface area contributed by atoms with Crippen LogP contribution in [0.15, 0.2) is 394 Å². The zero-order valence-corrected chi connectivity index (χ0v) is 75.3. The third-order valence-corrected chi connectivity index (χ3v) is 36.0. The molecule has 16 saturated carbocycles. The van der Waals surface area contributed by atoms with Gasteiger partial charge in [0.2, 0.25) is 5.91 Å². The number of para-hydroxylation sites is 1. The first kappa shape index (κ1) is 83.2. The van der Waals surface area contributed by atoms with Gasteiger partial charge in [-0.2, -0.15) is 13.2 Å². The molecular formula is C121H116BrF4NO. The van der Waals surface area contributed by atoms with Crippen LogP contribution < -0.4 is 4.90 Å². The molecule has 7 heteroatoms. The lowest BCUT2D eigenvalue weighted by Gasteiger charge is -2.72. The van der Waals surface area contributed by atoms with Gasteiger partial charge >= 0.3 is 6.18 Å². The number of hydrogen-bond donors (Lipinski definition) is 0. The van der Waals surface area contributed by atoms with Crippen LogP contribution in [-0.2, 0) is 69.8 Å². The zero-order valence-electron chi connectivity index (χ0n) is 73.7. The SMILES string of the molecule is BrC12CC3(c4ccccc4)CC(c4ccccc4)(C1)CC(c1ccccc1)(C2)C3.CC(=O)N(c1ccccc1)C12CC3(c4ccccc4)CC(c4ccccc4)(CC(c4ccccc4)(C3)C1)C2.FC(F)(F)C12CC3(c4ccccc4)CC(c4ccccc4)(CC(c4ccccc4)(C3)C1)C2.FC12CC3(c4ccccc4)CC(c4ccccc4)(C1)CC(c1ccccc1)(C2)C3. The van der Waals surface area contributed by atoms with Gasteiger partial charge in [0.1, 0.15) is 5.67 Å². The maximum Gasteiger partial charge on any atom is 0.394 e. The van der Waals surface area contributed by atoms with E-state index in [1.165, 1.54) is 71.9 Å². The molecular weight excluding hydrogens is 1640 g/mol. The average molecular weight is 1760 g/mol. The molecule has 13 aromatic rings. The summed E-state index contributed by atoms with van der Waals surface area (Å²) in [7, 11) is 0. The second kappa shape index (κ2) is 30.6. The van der Waals surface area contributed by atoms with Crippen molar-refractivity contribution in [3.8, 4) is 0 Å². The second-order valence-corrected chi connectivity index (χ2v) is 45.2. The van der Waals surface area contributed by atoms with Crippen molar-refractivity contribution in [1.29, 1.82) is 0 Å². The van der Waals surface area contributed by atoms with Crippen LogP contribution in [-0.4, -0.2) is 27.6 Å². The van der Waals surface area contributed by atoms with Gasteiger partial charge in [0.25, 0.3) is 0 Å². The summed E-state index contributed by atoms with van der Waals surface area (Å²) in [6.07, 6.45) is 18.0. The molecule has 29 rings (SSSR count). The number of benzene rings is 13. The smallest absolute Gasteiger partial charge is 0.306 e. The molecule has 0 radical (unpaired) electrons. The van der Waals surface area contributed by atoms with Crippen LogP contribution in [0.3, 0.4) is 0 Å². The molecule has 0 spiro atoms. The van der Waals surface area contributed by atoms with Gasteiger partial charge in [-0.05, 0) is 282 Å². The van der Waals surface area contributed by atoms with Gasteiger partial charge in [0.15, 0.2) is 0 Å². The van der Waals surface area contributed by atoms with Gasteiger partial charge in [-0.25, -0.2) is 4.39 Å². The average Bonchev–Trinajstić information content (AvgIpc) is 0.599. The number of halogens is 5. The highest BCUT2D eigenvalue weighted by Crippen LogP contribution is 2.80. The third-order valence-electron chi connectivity index (χ3n) is 35.1. The van der Waals surface area contributed by atoms with Crippen molar-refractivity contribution in [2.75, 3.05) is 4.90 Å². The van der Waals surface area contributed by atoms with Crippen molar-refractivity contribution < 1.29 is 22.4 Å². The van der Waals surface area contributed by atoms with E-state index in [0.29, 0.717) is 19.3 Å². The number of anilines is 1. The monoisotopic (exact) mass is 1750 g/mol. The van der Waals surface area contributed by atoms with E-state index in [1.54, 1.807) is 23.6 Å². The molecule has 0 atom stereocenters. The van der Waals surface area contributed by atoms with Crippen LogP contribution in [0.4, 0.5) is 23.2 Å². The number of hydrogen-bond acceptors (Lipinski definition) is 1. The molecule has 16 aliphatic carbocycles. The first-order valence-corrected chi connectivity index (χ1v) is 48.2. The van der Waals surface area contributed by atoms with E-state index in [9.17, 15) is 4.79 Å². The standard InChI is InChI=1S/C36H35NO.C29H27F3.C28H27Br.C28H27F/c1-28(38)37(32-20-12-5-13-21-32)36-25-33(29-14-6-2-7-15-29)22-34(26-36,30-16-8-3-9-17-30)24-35(23-33,27-36)31-18-10-4-11-19-31;30-29(31,32)28-19-25(22-10-4-1-5-11-22)16-26(20-28,23-12-6-2-7-13-23)18-27(17-25,21-28)24-14-8-3-9-15-24;2*29-28-19-25(22-10-4-1-5-11-22)16-26(20-28,23-12-6-2-7-13-23)18-27(17-25,21-28)24-14-8-3-9-15-24/h2-21H,22-27H2,1H3;1-15H,16-21H2;2*1-15H,16-21H2. The summed E-state index contributed by atoms with van der Waals surface area (Å²) in [5.74, 6) is 0.146. The van der Waals surface area contributed by atoms with E-state index in [2.05, 4.69) is 354 Å². The summed E-state index contributed by atoms with van der Waals surface area (Å²) < 4.78 is 62.1. The molecule has 16 aliphatic rings. The number of rotatable bonds is 14. The molecule has 646 valence electrons. The molecule has 0 heterocycles. The minimum absolute atomic E-state index is 0.00975. The van der Waals surface area contributed by atoms with E-state index in [4.69, 9.17) is 0 Å². The highest BCUT2D eigenvalue weighted by molar-refractivity contribution is 9.10. The van der Waals surface area contributed by atoms with Crippen LogP contribution in [0.5, 0.6) is 0 Å². The van der Waals surface area contributed by atoms with Crippen molar-refractivity contribution in [3.05, 3.63) is 461 Å². The Morgan fingerprint density at radius 1 is 0.227 bits per heavy atom. The van der Waals surface area contributed by atoms with Gasteiger partial charge in [-0.1, -0.05) is 398 Å². The van der Waals surface area contributed by atoms with Crippen molar-refractivity contribution >= 4 is 27.5 Å². The molecule has 0 saturated heterocycles. The van der Waals surface area contributed by atoms with E-state index in [0.717, 1.165) is 99.4 Å². The lowest BCUT2D eigenvalue weighted by atomic mass is 9.32. The Kier molecular flexibility index (Phi) is 19.9. The summed E-state index contributed by atoms with van der Waals surface area (Å²) in [5, 5.41) is 0. The predicted octanol–water partition coefficient (Wildman–Crippen LogP) is 29.9. The minimum atomic E-state index is -4.23. The summed E-state index contributed by atoms with van der Waals surface area (Å²) >= 11 is 4.35. The van der Waals surface area contributed by atoms with E-state index in [1.807, 2.05) is 60.7 Å². The number of nitrogens with zero attached hydrogens (tertiary/aromatic N) is 1. The van der Waals surface area contributed by atoms with Crippen molar-refractivity contribution in [3.63, 3.8) is 0 Å². The molecule has 0 N–H and O–H groups in total. The molecule has 128 heavy (non-hydrogen) atoms. The fourth-order valence-corrected chi connectivity index (χ4v) is 34.9.